The number of anilines is 6. The van der Waals surface area contributed by atoms with Gasteiger partial charge in [0.15, 0.2) is 0 Å². The average molecular weight is 1390 g/mol. The number of rotatable bonds is 22. The van der Waals surface area contributed by atoms with Gasteiger partial charge in [0.05, 0.1) is 95.5 Å². The molecule has 3 aromatic heterocycles. The molecule has 0 saturated carbocycles. The number of aryl methyl sites for hydroxylation is 1. The summed E-state index contributed by atoms with van der Waals surface area (Å²) in [4.78, 5) is 35.9. The summed E-state index contributed by atoms with van der Waals surface area (Å²) in [5.74, 6) is 0.212. The molecule has 30 heteroatoms. The number of carbonyl (C=O) groups is 3. The van der Waals surface area contributed by atoms with Gasteiger partial charge in [-0.05, 0) is 182 Å². The number of hydrogen-bond donors (Lipinski definition) is 9. The standard InChI is InChI=1S/C22H24ClN3O5S.C21H22ClN3O5S.C21H22FN3O5S/c1-13-5-8-19(31-13)15-6-10-21(17(23)11-15)32(28,29)26-18-12-16(7-9-20(18)30-4)25-22(27)14(2)24-3;1-21(2,23)20(26)24-15-5-6-18(29-3)17(11-15)25-31(27,28)19-7-4-13(10-16(19)22)14-8-9-30-12-14;1-21(2,23)20(26)24-14-4-7-19(29-3)18(10-14)25-31(27,28)15-5-6-16(17(22)11-15)13-8-9-30-12-13/h5-12,14,24,26H,1-4H3,(H,25,27);2*4-12,25H,23H2,1-3H3,(H,24,26)/t14-;;/m0../s1. The third-order valence-corrected chi connectivity index (χ3v) is 18.6. The van der Waals surface area contributed by atoms with Crippen molar-refractivity contribution < 1.29 is 71.5 Å². The Kier molecular flexibility index (Phi) is 23.1. The van der Waals surface area contributed by atoms with Crippen molar-refractivity contribution in [3.8, 4) is 50.8 Å². The van der Waals surface area contributed by atoms with Crippen molar-refractivity contribution in [2.45, 2.75) is 73.3 Å². The van der Waals surface area contributed by atoms with Crippen LogP contribution in [0.2, 0.25) is 10.0 Å². The normalized spacial score (nSPS) is 11.9. The van der Waals surface area contributed by atoms with E-state index in [-0.39, 0.29) is 70.5 Å². The first kappa shape index (κ1) is 72.0. The van der Waals surface area contributed by atoms with E-state index in [0.717, 1.165) is 17.4 Å². The number of methoxy groups -OCH3 is 3. The van der Waals surface area contributed by atoms with Crippen molar-refractivity contribution >= 4 is 105 Å². The summed E-state index contributed by atoms with van der Waals surface area (Å²) < 4.78 is 131. The Morgan fingerprint density at radius 1 is 0.532 bits per heavy atom. The summed E-state index contributed by atoms with van der Waals surface area (Å²) in [7, 11) is -6.41. The Hall–Kier alpha value is -9.39. The molecule has 6 aromatic carbocycles. The lowest BCUT2D eigenvalue weighted by molar-refractivity contribution is -0.120. The molecule has 0 bridgehead atoms. The molecule has 9 rings (SSSR count). The molecule has 0 spiro atoms. The first-order valence-electron chi connectivity index (χ1n) is 28.0. The van der Waals surface area contributed by atoms with E-state index in [9.17, 15) is 44.0 Å². The van der Waals surface area contributed by atoms with Crippen LogP contribution in [-0.4, -0.2) is 88.5 Å². The number of sulfonamides is 3. The lowest BCUT2D eigenvalue weighted by Crippen LogP contribution is -2.45. The van der Waals surface area contributed by atoms with Crippen LogP contribution in [0.5, 0.6) is 17.2 Å². The molecule has 0 radical (unpaired) electrons. The molecule has 0 saturated heterocycles. The second kappa shape index (κ2) is 30.1. The second-order valence-corrected chi connectivity index (χ2v) is 27.6. The number of nitrogens with one attached hydrogen (secondary N) is 7. The van der Waals surface area contributed by atoms with Gasteiger partial charge in [-0.2, -0.15) is 0 Å². The Morgan fingerprint density at radius 2 is 0.968 bits per heavy atom. The maximum Gasteiger partial charge on any atom is 0.263 e. The van der Waals surface area contributed by atoms with Crippen LogP contribution in [0.3, 0.4) is 0 Å². The highest BCUT2D eigenvalue weighted by Gasteiger charge is 2.27. The van der Waals surface area contributed by atoms with Crippen LogP contribution < -0.4 is 61.1 Å². The number of nitrogens with two attached hydrogens (primary N) is 2. The summed E-state index contributed by atoms with van der Waals surface area (Å²) in [5, 5.41) is 10.9. The zero-order chi connectivity index (χ0) is 69.1. The molecular weight excluding hydrogens is 1320 g/mol. The minimum Gasteiger partial charge on any atom is -0.495 e. The Morgan fingerprint density at radius 3 is 1.36 bits per heavy atom. The van der Waals surface area contributed by atoms with Crippen molar-refractivity contribution in [1.82, 2.24) is 5.32 Å². The van der Waals surface area contributed by atoms with E-state index in [0.29, 0.717) is 39.5 Å². The van der Waals surface area contributed by atoms with E-state index >= 15 is 0 Å². The molecule has 24 nitrogen and oxygen atoms in total. The number of ether oxygens (including phenoxy) is 3. The number of hydrogen-bond acceptors (Lipinski definition) is 18. The van der Waals surface area contributed by atoms with Crippen LogP contribution in [0.4, 0.5) is 38.5 Å². The molecule has 498 valence electrons. The zero-order valence-corrected chi connectivity index (χ0v) is 56.2. The molecule has 11 N–H and O–H groups in total. The molecule has 0 aliphatic heterocycles. The predicted octanol–water partition coefficient (Wildman–Crippen LogP) is 11.9. The fourth-order valence-electron chi connectivity index (χ4n) is 8.27. The van der Waals surface area contributed by atoms with E-state index in [1.165, 1.54) is 127 Å². The third kappa shape index (κ3) is 18.5. The van der Waals surface area contributed by atoms with Gasteiger partial charge in [-0.1, -0.05) is 29.3 Å². The molecule has 1 atom stereocenters. The molecule has 3 heterocycles. The number of halogens is 3. The molecular formula is C64H68Cl2FN9O15S3. The summed E-state index contributed by atoms with van der Waals surface area (Å²) in [6.07, 6.45) is 5.80. The van der Waals surface area contributed by atoms with Gasteiger partial charge in [-0.25, -0.2) is 29.6 Å². The maximum absolute atomic E-state index is 14.5. The Balaban J connectivity index is 0.000000200. The highest BCUT2D eigenvalue weighted by Crippen LogP contribution is 2.37. The van der Waals surface area contributed by atoms with Crippen LogP contribution in [0.15, 0.2) is 186 Å². The Bertz CT molecular complexity index is 4560. The topological polar surface area (TPSA) is 357 Å². The van der Waals surface area contributed by atoms with Gasteiger partial charge in [-0.3, -0.25) is 28.5 Å². The van der Waals surface area contributed by atoms with Gasteiger partial charge in [0.1, 0.15) is 44.4 Å². The minimum absolute atomic E-state index is 0.0373. The molecule has 0 aliphatic rings. The monoisotopic (exact) mass is 1390 g/mol. The fourth-order valence-corrected chi connectivity index (χ4v) is 12.6. The van der Waals surface area contributed by atoms with Gasteiger partial charge in [0.2, 0.25) is 17.7 Å². The van der Waals surface area contributed by atoms with Crippen LogP contribution in [0.25, 0.3) is 33.6 Å². The second-order valence-electron chi connectivity index (χ2n) is 21.8. The minimum atomic E-state index is -4.16. The van der Waals surface area contributed by atoms with Gasteiger partial charge in [0.25, 0.3) is 30.1 Å². The van der Waals surface area contributed by atoms with E-state index in [1.54, 1.807) is 82.4 Å². The molecule has 0 unspecified atom stereocenters. The van der Waals surface area contributed by atoms with E-state index in [2.05, 4.69) is 35.4 Å². The zero-order valence-electron chi connectivity index (χ0n) is 52.2. The average Bonchev–Trinajstić information content (AvgIpc) is 0.938. The van der Waals surface area contributed by atoms with Gasteiger partial charge < -0.3 is 60.2 Å². The van der Waals surface area contributed by atoms with Crippen LogP contribution >= 0.6 is 23.2 Å². The van der Waals surface area contributed by atoms with Crippen molar-refractivity contribution in [3.63, 3.8) is 0 Å². The highest BCUT2D eigenvalue weighted by atomic mass is 35.5. The van der Waals surface area contributed by atoms with Crippen molar-refractivity contribution in [2.75, 3.05) is 58.5 Å². The molecule has 9 aromatic rings. The Labute approximate surface area is 553 Å². The van der Waals surface area contributed by atoms with E-state index in [1.807, 2.05) is 13.0 Å². The van der Waals surface area contributed by atoms with Crippen molar-refractivity contribution in [2.24, 2.45) is 11.5 Å². The van der Waals surface area contributed by atoms with Crippen molar-refractivity contribution in [3.05, 3.63) is 180 Å². The smallest absolute Gasteiger partial charge is 0.263 e. The highest BCUT2D eigenvalue weighted by molar-refractivity contribution is 7.93. The van der Waals surface area contributed by atoms with Crippen LogP contribution in [-0.2, 0) is 44.5 Å². The lowest BCUT2D eigenvalue weighted by Gasteiger charge is -2.19. The number of likely N-dealkylation sites (N-methyl/N-ethyl adjacent to an activating group) is 1. The van der Waals surface area contributed by atoms with Crippen LogP contribution in [0.1, 0.15) is 40.4 Å². The summed E-state index contributed by atoms with van der Waals surface area (Å²) in [5.41, 5.74) is 13.6. The fraction of sp³-hybridized carbons (Fsp3) is 0.203. The number of amides is 3. The van der Waals surface area contributed by atoms with E-state index < -0.39 is 64.8 Å². The van der Waals surface area contributed by atoms with Crippen molar-refractivity contribution in [1.29, 1.82) is 0 Å². The SMILES string of the molecule is CN[C@@H](C)C(=O)Nc1ccc(OC)c(NS(=O)(=O)c2ccc(-c3ccc(C)o3)cc2Cl)c1.COc1ccc(NC(=O)C(C)(C)N)cc1NS(=O)(=O)c1ccc(-c2ccoc2)c(F)c1.COc1ccc(NC(=O)C(C)(C)N)cc1NS(=O)(=O)c1ccc(-c2ccoc2)cc1Cl. The van der Waals surface area contributed by atoms with E-state index in [4.69, 9.17) is 62.1 Å². The first-order valence-corrected chi connectivity index (χ1v) is 33.2. The molecule has 3 amide bonds. The molecule has 94 heavy (non-hydrogen) atoms. The third-order valence-electron chi connectivity index (χ3n) is 13.5. The molecule has 0 fully saturated rings. The number of furan rings is 3. The van der Waals surface area contributed by atoms with Gasteiger partial charge in [-0.15, -0.1) is 0 Å². The summed E-state index contributed by atoms with van der Waals surface area (Å²) in [6, 6.07) is 32.8. The van der Waals surface area contributed by atoms with Gasteiger partial charge >= 0.3 is 0 Å². The largest absolute Gasteiger partial charge is 0.495 e. The molecule has 0 aliphatic carbocycles. The number of carbonyl (C=O) groups excluding carboxylic acids is 3. The number of benzene rings is 6. The van der Waals surface area contributed by atoms with Gasteiger partial charge in [0, 0.05) is 39.3 Å². The summed E-state index contributed by atoms with van der Waals surface area (Å²) >= 11 is 12.6. The summed E-state index contributed by atoms with van der Waals surface area (Å²) in [6.45, 7) is 9.72. The van der Waals surface area contributed by atoms with Crippen LogP contribution in [0, 0.1) is 12.7 Å². The predicted molar refractivity (Wildman–Crippen MR) is 359 cm³/mol. The maximum atomic E-state index is 14.5. The first-order chi connectivity index (χ1) is 44.2. The quantitative estimate of drug-likeness (QED) is 0.0304. The lowest BCUT2D eigenvalue weighted by atomic mass is 10.1.